The summed E-state index contributed by atoms with van der Waals surface area (Å²) in [5.74, 6) is 0. The minimum Gasteiger partial charge on any atom is -0.346 e. The molecule has 0 radical (unpaired) electrons. The summed E-state index contributed by atoms with van der Waals surface area (Å²) in [5, 5.41) is 8.84. The maximum atomic E-state index is 12.2. The van der Waals surface area contributed by atoms with Crippen molar-refractivity contribution in [3.63, 3.8) is 0 Å². The second kappa shape index (κ2) is 7.37. The first-order valence-corrected chi connectivity index (χ1v) is 9.14. The van der Waals surface area contributed by atoms with Crippen molar-refractivity contribution < 1.29 is 4.79 Å². The van der Waals surface area contributed by atoms with Gasteiger partial charge in [0.2, 0.25) is 0 Å². The Balaban J connectivity index is 1.39. The van der Waals surface area contributed by atoms with Gasteiger partial charge in [-0.3, -0.25) is 0 Å². The Bertz CT molecular complexity index is 1030. The number of carbonyl (C=O) groups is 1. The van der Waals surface area contributed by atoms with E-state index in [9.17, 15) is 4.79 Å². The number of nitrogens with zero attached hydrogens (tertiary/aromatic N) is 2. The number of carbonyl (C=O) groups excluding carboxylic acids is 1. The Morgan fingerprint density at radius 3 is 2.73 bits per heavy atom. The lowest BCUT2D eigenvalue weighted by Gasteiger charge is -2.11. The van der Waals surface area contributed by atoms with Gasteiger partial charge in [-0.05, 0) is 23.3 Å². The summed E-state index contributed by atoms with van der Waals surface area (Å²) in [6.07, 6.45) is 3.58. The molecule has 3 aromatic heterocycles. The third kappa shape index (κ3) is 3.43. The summed E-state index contributed by atoms with van der Waals surface area (Å²) in [6, 6.07) is 11.6. The Kier molecular flexibility index (Phi) is 4.61. The van der Waals surface area contributed by atoms with E-state index in [0.29, 0.717) is 13.1 Å². The molecule has 0 aliphatic carbocycles. The van der Waals surface area contributed by atoms with Gasteiger partial charge < -0.3 is 15.6 Å². The molecular weight excluding hydrogens is 346 g/mol. The number of rotatable bonds is 5. The van der Waals surface area contributed by atoms with Crippen molar-refractivity contribution in [1.29, 1.82) is 0 Å². The fourth-order valence-electron chi connectivity index (χ4n) is 2.86. The molecule has 0 bridgehead atoms. The highest BCUT2D eigenvalue weighted by atomic mass is 32.1. The molecule has 3 N–H and O–H groups in total. The number of hydrogen-bond acceptors (Lipinski definition) is 4. The number of hydrogen-bond donors (Lipinski definition) is 3. The van der Waals surface area contributed by atoms with E-state index in [1.165, 1.54) is 0 Å². The summed E-state index contributed by atoms with van der Waals surface area (Å²) >= 11 is 1.56. The van der Waals surface area contributed by atoms with E-state index in [1.807, 2.05) is 53.5 Å². The highest BCUT2D eigenvalue weighted by Crippen LogP contribution is 2.23. The van der Waals surface area contributed by atoms with Crippen LogP contribution in [0.3, 0.4) is 0 Å². The highest BCUT2D eigenvalue weighted by Gasteiger charge is 2.09. The SMILES string of the molecule is O=C(NCc1ccccc1-c1cscn1)NCc1ccnc2[nH]ccc12. The van der Waals surface area contributed by atoms with Crippen molar-refractivity contribution in [3.8, 4) is 11.3 Å². The predicted octanol–water partition coefficient (Wildman–Crippen LogP) is 3.69. The first kappa shape index (κ1) is 16.3. The Morgan fingerprint density at radius 1 is 1.04 bits per heavy atom. The highest BCUT2D eigenvalue weighted by molar-refractivity contribution is 7.07. The summed E-state index contributed by atoms with van der Waals surface area (Å²) in [6.45, 7) is 0.881. The largest absolute Gasteiger partial charge is 0.346 e. The minimum absolute atomic E-state index is 0.210. The van der Waals surface area contributed by atoms with Gasteiger partial charge in [0.15, 0.2) is 0 Å². The van der Waals surface area contributed by atoms with Gasteiger partial charge in [-0.2, -0.15) is 0 Å². The molecule has 4 aromatic rings. The number of aromatic amines is 1. The van der Waals surface area contributed by atoms with Gasteiger partial charge in [0.25, 0.3) is 0 Å². The van der Waals surface area contributed by atoms with Crippen molar-refractivity contribution in [2.45, 2.75) is 13.1 Å². The fourth-order valence-corrected chi connectivity index (χ4v) is 3.41. The van der Waals surface area contributed by atoms with Crippen LogP contribution in [0, 0.1) is 0 Å². The van der Waals surface area contributed by atoms with E-state index in [-0.39, 0.29) is 6.03 Å². The quantitative estimate of drug-likeness (QED) is 0.506. The van der Waals surface area contributed by atoms with Gasteiger partial charge in [-0.25, -0.2) is 14.8 Å². The molecule has 0 saturated carbocycles. The Hall–Kier alpha value is -3.19. The molecule has 7 heteroatoms. The molecule has 0 aliphatic rings. The van der Waals surface area contributed by atoms with Gasteiger partial charge in [-0.1, -0.05) is 24.3 Å². The van der Waals surface area contributed by atoms with E-state index in [2.05, 4.69) is 25.6 Å². The maximum Gasteiger partial charge on any atom is 0.315 e. The number of H-pyrrole nitrogens is 1. The zero-order valence-corrected chi connectivity index (χ0v) is 14.7. The molecule has 0 atom stereocenters. The molecule has 0 unspecified atom stereocenters. The normalized spacial score (nSPS) is 10.8. The van der Waals surface area contributed by atoms with Crippen LogP contribution < -0.4 is 10.6 Å². The van der Waals surface area contributed by atoms with Crippen LogP contribution >= 0.6 is 11.3 Å². The van der Waals surface area contributed by atoms with Crippen molar-refractivity contribution in [2.75, 3.05) is 0 Å². The lowest BCUT2D eigenvalue weighted by atomic mass is 10.1. The number of nitrogens with one attached hydrogen (secondary N) is 3. The average molecular weight is 363 g/mol. The third-order valence-electron chi connectivity index (χ3n) is 4.15. The number of thiazole rings is 1. The van der Waals surface area contributed by atoms with E-state index < -0.39 is 0 Å². The Morgan fingerprint density at radius 2 is 1.88 bits per heavy atom. The van der Waals surface area contributed by atoms with Crippen LogP contribution in [0.25, 0.3) is 22.3 Å². The summed E-state index contributed by atoms with van der Waals surface area (Å²) in [4.78, 5) is 23.9. The van der Waals surface area contributed by atoms with Crippen molar-refractivity contribution in [2.24, 2.45) is 0 Å². The monoisotopic (exact) mass is 363 g/mol. The molecule has 3 heterocycles. The lowest BCUT2D eigenvalue weighted by Crippen LogP contribution is -2.34. The molecule has 130 valence electrons. The summed E-state index contributed by atoms with van der Waals surface area (Å²) in [5.41, 5.74) is 6.65. The second-order valence-electron chi connectivity index (χ2n) is 5.78. The van der Waals surface area contributed by atoms with E-state index in [0.717, 1.165) is 33.4 Å². The number of aromatic nitrogens is 3. The maximum absolute atomic E-state index is 12.2. The van der Waals surface area contributed by atoms with Crippen LogP contribution in [0.15, 0.2) is 59.7 Å². The van der Waals surface area contributed by atoms with Gasteiger partial charge in [-0.15, -0.1) is 11.3 Å². The molecule has 0 spiro atoms. The third-order valence-corrected chi connectivity index (χ3v) is 4.74. The molecule has 26 heavy (non-hydrogen) atoms. The van der Waals surface area contributed by atoms with Gasteiger partial charge in [0, 0.05) is 41.8 Å². The number of pyridine rings is 1. The molecular formula is C19H17N5OS. The first-order chi connectivity index (χ1) is 12.8. The van der Waals surface area contributed by atoms with E-state index in [1.54, 1.807) is 17.5 Å². The number of fused-ring (bicyclic) bond motifs is 1. The zero-order chi connectivity index (χ0) is 17.8. The van der Waals surface area contributed by atoms with Gasteiger partial charge in [0.05, 0.1) is 11.2 Å². The van der Waals surface area contributed by atoms with Gasteiger partial charge >= 0.3 is 6.03 Å². The first-order valence-electron chi connectivity index (χ1n) is 8.20. The molecule has 6 nitrogen and oxygen atoms in total. The van der Waals surface area contributed by atoms with E-state index in [4.69, 9.17) is 0 Å². The predicted molar refractivity (Wildman–Crippen MR) is 103 cm³/mol. The molecule has 1 aromatic carbocycles. The van der Waals surface area contributed by atoms with Crippen molar-refractivity contribution >= 4 is 28.4 Å². The van der Waals surface area contributed by atoms with Crippen LogP contribution in [-0.4, -0.2) is 21.0 Å². The second-order valence-corrected chi connectivity index (χ2v) is 6.50. The smallest absolute Gasteiger partial charge is 0.315 e. The Labute approximate surface area is 154 Å². The molecule has 4 rings (SSSR count). The molecule has 0 fully saturated rings. The van der Waals surface area contributed by atoms with Crippen LogP contribution in [-0.2, 0) is 13.1 Å². The van der Waals surface area contributed by atoms with Gasteiger partial charge in [0.1, 0.15) is 5.65 Å². The van der Waals surface area contributed by atoms with Crippen LogP contribution in [0.2, 0.25) is 0 Å². The lowest BCUT2D eigenvalue weighted by molar-refractivity contribution is 0.240. The van der Waals surface area contributed by atoms with E-state index >= 15 is 0 Å². The standard InChI is InChI=1S/C19H17N5OS/c25-19(23-10-14-5-7-20-18-16(14)6-8-21-18)22-9-13-3-1-2-4-15(13)17-11-26-12-24-17/h1-8,11-12H,9-10H2,(H,20,21)(H2,22,23,25). The molecule has 2 amide bonds. The topological polar surface area (TPSA) is 82.7 Å². The average Bonchev–Trinajstić information content (AvgIpc) is 3.36. The van der Waals surface area contributed by atoms with Crippen molar-refractivity contribution in [1.82, 2.24) is 25.6 Å². The van der Waals surface area contributed by atoms with Crippen LogP contribution in [0.4, 0.5) is 4.79 Å². The van der Waals surface area contributed by atoms with Crippen molar-refractivity contribution in [3.05, 3.63) is 70.8 Å². The fraction of sp³-hybridized carbons (Fsp3) is 0.105. The molecule has 0 saturated heterocycles. The number of benzene rings is 1. The number of urea groups is 1. The summed E-state index contributed by atoms with van der Waals surface area (Å²) in [7, 11) is 0. The minimum atomic E-state index is -0.210. The zero-order valence-electron chi connectivity index (χ0n) is 13.9. The number of amides is 2. The van der Waals surface area contributed by atoms with Crippen LogP contribution in [0.1, 0.15) is 11.1 Å². The van der Waals surface area contributed by atoms with Crippen LogP contribution in [0.5, 0.6) is 0 Å². The summed E-state index contributed by atoms with van der Waals surface area (Å²) < 4.78 is 0. The molecule has 0 aliphatic heterocycles.